The molecule has 0 bridgehead atoms. The Hall–Kier alpha value is -1.22. The quantitative estimate of drug-likeness (QED) is 0.754. The van der Waals surface area contributed by atoms with Crippen molar-refractivity contribution in [2.75, 3.05) is 6.54 Å². The minimum absolute atomic E-state index is 0.139. The van der Waals surface area contributed by atoms with Crippen LogP contribution in [0.15, 0.2) is 12.1 Å². The standard InChI is InChI=1S/C12H14FNO/c1-8-5-9(7-15)10(6-11(8)13)12-3-2-4-14-12/h5-7,12,14H,2-4H2,1H3. The Morgan fingerprint density at radius 3 is 2.93 bits per heavy atom. The van der Waals surface area contributed by atoms with Crippen LogP contribution in [0.1, 0.15) is 40.4 Å². The van der Waals surface area contributed by atoms with Crippen molar-refractivity contribution in [2.45, 2.75) is 25.8 Å². The number of hydrogen-bond donors (Lipinski definition) is 1. The van der Waals surface area contributed by atoms with Crippen LogP contribution in [0.3, 0.4) is 0 Å². The monoisotopic (exact) mass is 207 g/mol. The average Bonchev–Trinajstić information content (AvgIpc) is 2.74. The molecule has 2 rings (SSSR count). The number of halogens is 1. The summed E-state index contributed by atoms with van der Waals surface area (Å²) in [4.78, 5) is 10.9. The molecule has 15 heavy (non-hydrogen) atoms. The molecule has 1 aliphatic heterocycles. The van der Waals surface area contributed by atoms with Crippen molar-refractivity contribution in [1.29, 1.82) is 0 Å². The molecule has 1 atom stereocenters. The Bertz CT molecular complexity index is 383. The van der Waals surface area contributed by atoms with Crippen molar-refractivity contribution in [2.24, 2.45) is 0 Å². The van der Waals surface area contributed by atoms with Crippen LogP contribution in [0.4, 0.5) is 4.39 Å². The van der Waals surface area contributed by atoms with Gasteiger partial charge < -0.3 is 5.32 Å². The molecule has 1 aromatic carbocycles. The predicted molar refractivity (Wildman–Crippen MR) is 56.5 cm³/mol. The third kappa shape index (κ3) is 1.92. The van der Waals surface area contributed by atoms with Gasteiger partial charge >= 0.3 is 0 Å². The molecule has 0 saturated carbocycles. The number of rotatable bonds is 2. The van der Waals surface area contributed by atoms with Crippen molar-refractivity contribution in [3.8, 4) is 0 Å². The van der Waals surface area contributed by atoms with Crippen LogP contribution in [0.2, 0.25) is 0 Å². The minimum atomic E-state index is -0.232. The summed E-state index contributed by atoms with van der Waals surface area (Å²) in [5.74, 6) is -0.232. The van der Waals surface area contributed by atoms with Crippen molar-refractivity contribution in [3.63, 3.8) is 0 Å². The highest BCUT2D eigenvalue weighted by molar-refractivity contribution is 5.78. The lowest BCUT2D eigenvalue weighted by Crippen LogP contribution is -2.15. The van der Waals surface area contributed by atoms with Crippen molar-refractivity contribution in [3.05, 3.63) is 34.6 Å². The molecule has 0 amide bonds. The summed E-state index contributed by atoms with van der Waals surface area (Å²) in [6.45, 7) is 2.62. The largest absolute Gasteiger partial charge is 0.310 e. The molecular weight excluding hydrogens is 193 g/mol. The first kappa shape index (κ1) is 10.3. The number of aldehydes is 1. The van der Waals surface area contributed by atoms with Gasteiger partial charge in [-0.25, -0.2) is 4.39 Å². The molecule has 1 heterocycles. The van der Waals surface area contributed by atoms with E-state index >= 15 is 0 Å². The van der Waals surface area contributed by atoms with Gasteiger partial charge in [0, 0.05) is 11.6 Å². The molecule has 1 aliphatic rings. The Morgan fingerprint density at radius 2 is 2.33 bits per heavy atom. The molecule has 1 N–H and O–H groups in total. The van der Waals surface area contributed by atoms with Crippen LogP contribution in [-0.2, 0) is 0 Å². The zero-order valence-electron chi connectivity index (χ0n) is 8.72. The van der Waals surface area contributed by atoms with Crippen LogP contribution < -0.4 is 5.32 Å². The number of carbonyl (C=O) groups is 1. The van der Waals surface area contributed by atoms with Gasteiger partial charge in [-0.3, -0.25) is 4.79 Å². The number of aryl methyl sites for hydroxylation is 1. The van der Waals surface area contributed by atoms with Gasteiger partial charge in [0.2, 0.25) is 0 Å². The topological polar surface area (TPSA) is 29.1 Å². The molecule has 80 valence electrons. The Balaban J connectivity index is 2.43. The molecule has 0 aliphatic carbocycles. The summed E-state index contributed by atoms with van der Waals surface area (Å²) in [5.41, 5.74) is 1.93. The summed E-state index contributed by atoms with van der Waals surface area (Å²) in [5, 5.41) is 3.27. The fourth-order valence-corrected chi connectivity index (χ4v) is 2.07. The van der Waals surface area contributed by atoms with Crippen LogP contribution >= 0.6 is 0 Å². The maximum atomic E-state index is 13.4. The summed E-state index contributed by atoms with van der Waals surface area (Å²) in [6, 6.07) is 3.25. The number of benzene rings is 1. The van der Waals surface area contributed by atoms with Crippen LogP contribution in [0, 0.1) is 12.7 Å². The minimum Gasteiger partial charge on any atom is -0.310 e. The van der Waals surface area contributed by atoms with Gasteiger partial charge in [0.25, 0.3) is 0 Å². The average molecular weight is 207 g/mol. The molecule has 1 saturated heterocycles. The highest BCUT2D eigenvalue weighted by Crippen LogP contribution is 2.27. The van der Waals surface area contributed by atoms with E-state index in [1.54, 1.807) is 13.0 Å². The Labute approximate surface area is 88.5 Å². The summed E-state index contributed by atoms with van der Waals surface area (Å²) >= 11 is 0. The van der Waals surface area contributed by atoms with E-state index < -0.39 is 0 Å². The number of carbonyl (C=O) groups excluding carboxylic acids is 1. The zero-order chi connectivity index (χ0) is 10.8. The Morgan fingerprint density at radius 1 is 1.53 bits per heavy atom. The van der Waals surface area contributed by atoms with Crippen LogP contribution in [0.5, 0.6) is 0 Å². The number of hydrogen-bond acceptors (Lipinski definition) is 2. The van der Waals surface area contributed by atoms with E-state index in [0.29, 0.717) is 11.1 Å². The second-order valence-electron chi connectivity index (χ2n) is 4.00. The molecule has 1 aromatic rings. The Kier molecular flexibility index (Phi) is 2.82. The molecule has 1 unspecified atom stereocenters. The normalized spacial score (nSPS) is 20.5. The smallest absolute Gasteiger partial charge is 0.150 e. The number of nitrogens with one attached hydrogen (secondary N) is 1. The first-order chi connectivity index (χ1) is 7.22. The van der Waals surface area contributed by atoms with Gasteiger partial charge in [0.15, 0.2) is 0 Å². The van der Waals surface area contributed by atoms with E-state index in [9.17, 15) is 9.18 Å². The molecule has 0 radical (unpaired) electrons. The molecule has 2 nitrogen and oxygen atoms in total. The molecule has 0 aromatic heterocycles. The highest BCUT2D eigenvalue weighted by atomic mass is 19.1. The van der Waals surface area contributed by atoms with E-state index in [2.05, 4.69) is 5.32 Å². The van der Waals surface area contributed by atoms with Gasteiger partial charge in [-0.05, 0) is 49.6 Å². The molecule has 1 fully saturated rings. The van der Waals surface area contributed by atoms with Gasteiger partial charge in [-0.1, -0.05) is 0 Å². The van der Waals surface area contributed by atoms with E-state index in [1.165, 1.54) is 6.07 Å². The lowest BCUT2D eigenvalue weighted by Gasteiger charge is -2.14. The summed E-state index contributed by atoms with van der Waals surface area (Å²) in [7, 11) is 0. The summed E-state index contributed by atoms with van der Waals surface area (Å²) in [6.07, 6.45) is 2.86. The zero-order valence-corrected chi connectivity index (χ0v) is 8.72. The van der Waals surface area contributed by atoms with Gasteiger partial charge in [0.05, 0.1) is 0 Å². The van der Waals surface area contributed by atoms with Crippen LogP contribution in [0.25, 0.3) is 0 Å². The van der Waals surface area contributed by atoms with E-state index in [-0.39, 0.29) is 11.9 Å². The second-order valence-corrected chi connectivity index (χ2v) is 4.00. The van der Waals surface area contributed by atoms with Crippen molar-refractivity contribution in [1.82, 2.24) is 5.32 Å². The van der Waals surface area contributed by atoms with Crippen molar-refractivity contribution < 1.29 is 9.18 Å². The lowest BCUT2D eigenvalue weighted by molar-refractivity contribution is 0.112. The fourth-order valence-electron chi connectivity index (χ4n) is 2.07. The van der Waals surface area contributed by atoms with E-state index in [1.807, 2.05) is 0 Å². The predicted octanol–water partition coefficient (Wildman–Crippen LogP) is 2.37. The third-order valence-electron chi connectivity index (χ3n) is 2.93. The van der Waals surface area contributed by atoms with Crippen molar-refractivity contribution >= 4 is 6.29 Å². The first-order valence-electron chi connectivity index (χ1n) is 5.21. The van der Waals surface area contributed by atoms with Gasteiger partial charge in [-0.2, -0.15) is 0 Å². The molecule has 3 heteroatoms. The lowest BCUT2D eigenvalue weighted by atomic mass is 9.97. The second kappa shape index (κ2) is 4.11. The van der Waals surface area contributed by atoms with E-state index in [0.717, 1.165) is 31.2 Å². The van der Waals surface area contributed by atoms with Gasteiger partial charge in [-0.15, -0.1) is 0 Å². The highest BCUT2D eigenvalue weighted by Gasteiger charge is 2.20. The first-order valence-corrected chi connectivity index (χ1v) is 5.21. The third-order valence-corrected chi connectivity index (χ3v) is 2.93. The SMILES string of the molecule is Cc1cc(C=O)c(C2CCCN2)cc1F. The fraction of sp³-hybridized carbons (Fsp3) is 0.417. The van der Waals surface area contributed by atoms with Crippen LogP contribution in [-0.4, -0.2) is 12.8 Å². The van der Waals surface area contributed by atoms with Gasteiger partial charge in [0.1, 0.15) is 12.1 Å². The molecular formula is C12H14FNO. The van der Waals surface area contributed by atoms with E-state index in [4.69, 9.17) is 0 Å². The molecule has 0 spiro atoms. The maximum absolute atomic E-state index is 13.4. The summed E-state index contributed by atoms with van der Waals surface area (Å²) < 4.78 is 13.4. The maximum Gasteiger partial charge on any atom is 0.150 e.